The van der Waals surface area contributed by atoms with Gasteiger partial charge in [-0.25, -0.2) is 0 Å². The standard InChI is InChI=1S/C7H10O6.4C4H9.2Sn/c1-7(12)6(11)5(10)4(9)3(2-8)13-7;4*1-3-4-2;;/h3-6,12H,2H2,1H3;4*1,3-4H2,2H3;;/q-4;;;;;2*+2/t3-,4-,5+,6-,7-;;;;;;/m1....../s1. The van der Waals surface area contributed by atoms with Crippen molar-refractivity contribution in [2.75, 3.05) is 6.61 Å². The molecule has 0 amide bonds. The van der Waals surface area contributed by atoms with E-state index in [1.165, 1.54) is 0 Å². The molecule has 3 rings (SSSR count). The summed E-state index contributed by atoms with van der Waals surface area (Å²) in [7, 11) is 0. The van der Waals surface area contributed by atoms with Crippen LogP contribution >= 0.6 is 0 Å². The van der Waals surface area contributed by atoms with Gasteiger partial charge < -0.3 is 0 Å². The fourth-order valence-electron chi connectivity index (χ4n) is 5.26. The van der Waals surface area contributed by atoms with Crippen LogP contribution in [0, 0.1) is 0 Å². The summed E-state index contributed by atoms with van der Waals surface area (Å²) in [4.78, 5) is 0. The monoisotopic (exact) mass is 658 g/mol. The van der Waals surface area contributed by atoms with E-state index in [1.807, 2.05) is 0 Å². The minimum atomic E-state index is -3.30. The van der Waals surface area contributed by atoms with E-state index in [1.54, 1.807) is 6.92 Å². The second-order valence-corrected chi connectivity index (χ2v) is 28.9. The van der Waals surface area contributed by atoms with Gasteiger partial charge in [0.1, 0.15) is 0 Å². The van der Waals surface area contributed by atoms with Crippen LogP contribution in [-0.4, -0.2) is 80.3 Å². The Morgan fingerprint density at radius 3 is 1.74 bits per heavy atom. The molecule has 0 spiro atoms. The number of hydrogen-bond acceptors (Lipinski definition) is 6. The summed E-state index contributed by atoms with van der Waals surface area (Å²) in [6, 6.07) is 0. The van der Waals surface area contributed by atoms with E-state index in [0.717, 1.165) is 69.1 Å². The maximum absolute atomic E-state index is 11.2. The Labute approximate surface area is 200 Å². The van der Waals surface area contributed by atoms with Gasteiger partial charge in [0.15, 0.2) is 0 Å². The van der Waals surface area contributed by atoms with Crippen LogP contribution in [0.4, 0.5) is 0 Å². The second-order valence-electron chi connectivity index (χ2n) is 9.96. The van der Waals surface area contributed by atoms with Gasteiger partial charge in [-0.1, -0.05) is 0 Å². The van der Waals surface area contributed by atoms with E-state index < -0.39 is 50.3 Å². The first-order valence-electron chi connectivity index (χ1n) is 12.9. The molecule has 3 aliphatic rings. The van der Waals surface area contributed by atoms with E-state index in [9.17, 15) is 5.11 Å². The van der Waals surface area contributed by atoms with Crippen molar-refractivity contribution >= 4 is 38.4 Å². The fourth-order valence-corrected chi connectivity index (χ4v) is 28.1. The van der Waals surface area contributed by atoms with Gasteiger partial charge in [-0.3, -0.25) is 0 Å². The molecule has 3 heterocycles. The van der Waals surface area contributed by atoms with Crippen LogP contribution in [0.3, 0.4) is 0 Å². The first-order chi connectivity index (χ1) is 14.8. The van der Waals surface area contributed by atoms with E-state index in [0.29, 0.717) is 6.61 Å². The molecule has 0 bridgehead atoms. The normalized spacial score (nSPS) is 36.2. The zero-order chi connectivity index (χ0) is 22.5. The number of hydrogen-bond donors (Lipinski definition) is 1. The van der Waals surface area contributed by atoms with Crippen molar-refractivity contribution in [2.24, 2.45) is 0 Å². The summed E-state index contributed by atoms with van der Waals surface area (Å²) < 4.78 is 37.7. The summed E-state index contributed by atoms with van der Waals surface area (Å²) in [6.07, 6.45) is 8.15. The molecule has 0 aromatic heterocycles. The number of ether oxygens (including phenoxy) is 1. The molecule has 0 unspecified atom stereocenters. The van der Waals surface area contributed by atoms with Gasteiger partial charge in [-0.2, -0.15) is 0 Å². The van der Waals surface area contributed by atoms with Crippen LogP contribution in [0.5, 0.6) is 0 Å². The summed E-state index contributed by atoms with van der Waals surface area (Å²) in [6.45, 7) is 11.2. The molecule has 0 aromatic carbocycles. The molecule has 6 nitrogen and oxygen atoms in total. The van der Waals surface area contributed by atoms with Crippen LogP contribution in [-0.2, 0) is 17.0 Å². The Hall–Kier alpha value is 1.36. The molecule has 1 N–H and O–H groups in total. The molecule has 0 radical (unpaired) electrons. The van der Waals surface area contributed by atoms with Crippen molar-refractivity contribution in [3.8, 4) is 0 Å². The van der Waals surface area contributed by atoms with Crippen molar-refractivity contribution in [3.05, 3.63) is 0 Å². The Kier molecular flexibility index (Phi) is 10.3. The number of aliphatic hydroxyl groups is 1. The van der Waals surface area contributed by atoms with E-state index in [4.69, 9.17) is 17.0 Å². The number of fused-ring (bicyclic) bond motifs is 3. The van der Waals surface area contributed by atoms with Gasteiger partial charge in [0.25, 0.3) is 0 Å². The Bertz CT molecular complexity index is 544. The SMILES string of the molecule is CCC[CH2][Sn]1([CH2]CCC)[O]C[C@H]2O[C@@](C)(O)[C@@H]3[O][Sn]([CH2]CCC)([CH2]CCC)[O][C@H]3[C@@H]2[O]1. The molecule has 8 heteroatoms. The third-order valence-electron chi connectivity index (χ3n) is 7.11. The molecule has 3 aliphatic heterocycles. The number of rotatable bonds is 12. The van der Waals surface area contributed by atoms with Gasteiger partial charge in [-0.05, 0) is 0 Å². The summed E-state index contributed by atoms with van der Waals surface area (Å²) in [5, 5.41) is 11.2. The van der Waals surface area contributed by atoms with Crippen LogP contribution in [0.25, 0.3) is 0 Å². The summed E-state index contributed by atoms with van der Waals surface area (Å²) in [5.74, 6) is -1.35. The first-order valence-corrected chi connectivity index (χ1v) is 25.6. The van der Waals surface area contributed by atoms with Crippen LogP contribution in [0.2, 0.25) is 17.7 Å². The second kappa shape index (κ2) is 11.9. The third kappa shape index (κ3) is 6.33. The van der Waals surface area contributed by atoms with Crippen molar-refractivity contribution in [2.45, 2.75) is 134 Å². The summed E-state index contributed by atoms with van der Waals surface area (Å²) in [5.41, 5.74) is 0. The fraction of sp³-hybridized carbons (Fsp3) is 1.00. The van der Waals surface area contributed by atoms with Crippen LogP contribution in [0.1, 0.15) is 86.0 Å². The zero-order valence-electron chi connectivity index (χ0n) is 20.5. The zero-order valence-corrected chi connectivity index (χ0v) is 26.2. The molecule has 31 heavy (non-hydrogen) atoms. The third-order valence-corrected chi connectivity index (χ3v) is 27.8. The molecule has 3 saturated heterocycles. The van der Waals surface area contributed by atoms with Gasteiger partial charge in [0.2, 0.25) is 0 Å². The molecule has 3 fully saturated rings. The minimum absolute atomic E-state index is 0.148. The van der Waals surface area contributed by atoms with E-state index in [-0.39, 0.29) is 18.3 Å². The van der Waals surface area contributed by atoms with Crippen LogP contribution in [0.15, 0.2) is 0 Å². The van der Waals surface area contributed by atoms with Gasteiger partial charge in [0.05, 0.1) is 0 Å². The molecule has 0 saturated carbocycles. The van der Waals surface area contributed by atoms with Crippen molar-refractivity contribution in [3.63, 3.8) is 0 Å². The Morgan fingerprint density at radius 2 is 1.23 bits per heavy atom. The van der Waals surface area contributed by atoms with E-state index in [2.05, 4.69) is 27.7 Å². The number of unbranched alkanes of at least 4 members (excludes halogenated alkanes) is 4. The Morgan fingerprint density at radius 1 is 0.742 bits per heavy atom. The quantitative estimate of drug-likeness (QED) is 0.285. The van der Waals surface area contributed by atoms with Crippen molar-refractivity contribution in [1.82, 2.24) is 0 Å². The molecular formula is C23H46O6Sn2. The Balaban J connectivity index is 1.84. The molecular weight excluding hydrogens is 610 g/mol. The van der Waals surface area contributed by atoms with Gasteiger partial charge >= 0.3 is 201 Å². The summed E-state index contributed by atoms with van der Waals surface area (Å²) >= 11 is -6.50. The first kappa shape index (κ1) is 27.0. The van der Waals surface area contributed by atoms with Gasteiger partial charge in [-0.15, -0.1) is 0 Å². The predicted molar refractivity (Wildman–Crippen MR) is 126 cm³/mol. The van der Waals surface area contributed by atoms with Gasteiger partial charge in [0, 0.05) is 0 Å². The molecule has 182 valence electrons. The van der Waals surface area contributed by atoms with Crippen molar-refractivity contribution < 1.29 is 22.1 Å². The van der Waals surface area contributed by atoms with Crippen LogP contribution < -0.4 is 0 Å². The molecule has 5 atom stereocenters. The molecule has 0 aromatic rings. The average molecular weight is 656 g/mol. The van der Waals surface area contributed by atoms with E-state index >= 15 is 0 Å². The topological polar surface area (TPSA) is 66.4 Å². The predicted octanol–water partition coefficient (Wildman–Crippen LogP) is 5.38. The van der Waals surface area contributed by atoms with Crippen molar-refractivity contribution in [1.29, 1.82) is 0 Å². The molecule has 0 aliphatic carbocycles. The average Bonchev–Trinajstić information content (AvgIpc) is 3.16. The maximum atomic E-state index is 11.2.